The van der Waals surface area contributed by atoms with Gasteiger partial charge in [-0.3, -0.25) is 14.5 Å². The highest BCUT2D eigenvalue weighted by atomic mass is 32.1. The molecule has 3 heterocycles. The first-order chi connectivity index (χ1) is 10.1. The summed E-state index contributed by atoms with van der Waals surface area (Å²) in [6.07, 6.45) is 0. The average molecular weight is 310 g/mol. The molecule has 1 aromatic rings. The van der Waals surface area contributed by atoms with Gasteiger partial charge in [0.25, 0.3) is 5.91 Å². The van der Waals surface area contributed by atoms with E-state index in [-0.39, 0.29) is 24.4 Å². The molecular weight excluding hydrogens is 292 g/mol. The third kappa shape index (κ3) is 3.25. The minimum absolute atomic E-state index is 0.0213. The summed E-state index contributed by atoms with van der Waals surface area (Å²) in [4.78, 5) is 27.4. The summed E-state index contributed by atoms with van der Waals surface area (Å²) in [7, 11) is 0. The maximum absolute atomic E-state index is 12.6. The lowest BCUT2D eigenvalue weighted by Crippen LogP contribution is -2.47. The summed E-state index contributed by atoms with van der Waals surface area (Å²) in [6, 6.07) is 1.75. The number of carboxylic acid groups (broad SMARTS) is 1. The highest BCUT2D eigenvalue weighted by Crippen LogP contribution is 2.22. The Hall–Kier alpha value is -1.44. The van der Waals surface area contributed by atoms with Gasteiger partial charge >= 0.3 is 5.97 Å². The Labute approximate surface area is 126 Å². The molecule has 1 aromatic heterocycles. The van der Waals surface area contributed by atoms with E-state index in [0.717, 1.165) is 0 Å². The van der Waals surface area contributed by atoms with Crippen molar-refractivity contribution in [3.63, 3.8) is 0 Å². The Balaban J connectivity index is 1.79. The van der Waals surface area contributed by atoms with E-state index in [0.29, 0.717) is 38.4 Å². The van der Waals surface area contributed by atoms with Crippen molar-refractivity contribution in [2.45, 2.75) is 6.04 Å². The molecular formula is C14H18N2O4S. The van der Waals surface area contributed by atoms with Crippen LogP contribution in [0.2, 0.25) is 0 Å². The fourth-order valence-corrected chi connectivity index (χ4v) is 3.69. The quantitative estimate of drug-likeness (QED) is 0.885. The van der Waals surface area contributed by atoms with Gasteiger partial charge in [-0.25, -0.2) is 0 Å². The maximum atomic E-state index is 12.6. The molecule has 114 valence electrons. The van der Waals surface area contributed by atoms with Crippen molar-refractivity contribution in [2.75, 3.05) is 39.4 Å². The van der Waals surface area contributed by atoms with Crippen LogP contribution in [0.3, 0.4) is 0 Å². The number of aliphatic carboxylic acids is 1. The zero-order valence-corrected chi connectivity index (χ0v) is 12.4. The summed E-state index contributed by atoms with van der Waals surface area (Å²) >= 11 is 1.50. The third-order valence-corrected chi connectivity index (χ3v) is 4.62. The van der Waals surface area contributed by atoms with Gasteiger partial charge in [0.15, 0.2) is 0 Å². The molecule has 3 rings (SSSR count). The first-order valence-corrected chi connectivity index (χ1v) is 7.93. The van der Waals surface area contributed by atoms with Gasteiger partial charge in [-0.15, -0.1) is 0 Å². The van der Waals surface area contributed by atoms with Gasteiger partial charge in [0.1, 0.15) is 0 Å². The Kier molecular flexibility index (Phi) is 4.23. The van der Waals surface area contributed by atoms with Gasteiger partial charge in [-0.1, -0.05) is 0 Å². The zero-order chi connectivity index (χ0) is 14.8. The number of amides is 1. The lowest BCUT2D eigenvalue weighted by molar-refractivity contribution is -0.138. The number of carbonyl (C=O) groups is 2. The number of ether oxygens (including phenoxy) is 1. The highest BCUT2D eigenvalue weighted by Gasteiger charge is 2.36. The van der Waals surface area contributed by atoms with Crippen molar-refractivity contribution in [3.8, 4) is 0 Å². The molecule has 0 saturated carbocycles. The van der Waals surface area contributed by atoms with E-state index in [1.54, 1.807) is 0 Å². The fourth-order valence-electron chi connectivity index (χ4n) is 3.06. The van der Waals surface area contributed by atoms with Gasteiger partial charge in [0.05, 0.1) is 31.4 Å². The molecule has 2 bridgehead atoms. The van der Waals surface area contributed by atoms with Crippen LogP contribution in [0.1, 0.15) is 10.4 Å². The van der Waals surface area contributed by atoms with Crippen molar-refractivity contribution in [2.24, 2.45) is 5.92 Å². The Morgan fingerprint density at radius 2 is 2.19 bits per heavy atom. The zero-order valence-electron chi connectivity index (χ0n) is 11.6. The van der Waals surface area contributed by atoms with Gasteiger partial charge in [-0.05, 0) is 11.4 Å². The van der Waals surface area contributed by atoms with E-state index >= 15 is 0 Å². The number of carbonyl (C=O) groups excluding carboxylic acids is 1. The van der Waals surface area contributed by atoms with Crippen LogP contribution in [-0.2, 0) is 9.53 Å². The first-order valence-electron chi connectivity index (χ1n) is 6.98. The lowest BCUT2D eigenvalue weighted by atomic mass is 10.1. The van der Waals surface area contributed by atoms with E-state index in [1.807, 2.05) is 26.6 Å². The fraction of sp³-hybridized carbons (Fsp3) is 0.571. The van der Waals surface area contributed by atoms with Gasteiger partial charge < -0.3 is 14.7 Å². The number of rotatable bonds is 3. The Bertz CT molecular complexity index is 519. The SMILES string of the molecule is O=C(O)CN1C[C@@H]2COC[C@H](C1)N(C(=O)c1ccsc1)C2. The smallest absolute Gasteiger partial charge is 0.317 e. The number of fused-ring (bicyclic) bond motifs is 3. The van der Waals surface area contributed by atoms with E-state index in [1.165, 1.54) is 11.3 Å². The molecule has 7 heteroatoms. The lowest BCUT2D eigenvalue weighted by Gasteiger charge is -2.30. The monoisotopic (exact) mass is 310 g/mol. The Morgan fingerprint density at radius 1 is 1.33 bits per heavy atom. The highest BCUT2D eigenvalue weighted by molar-refractivity contribution is 7.08. The summed E-state index contributed by atoms with van der Waals surface area (Å²) < 4.78 is 5.65. The Morgan fingerprint density at radius 3 is 2.90 bits per heavy atom. The number of carboxylic acids is 1. The minimum Gasteiger partial charge on any atom is -0.480 e. The topological polar surface area (TPSA) is 70.1 Å². The maximum Gasteiger partial charge on any atom is 0.317 e. The molecule has 2 saturated heterocycles. The molecule has 2 aliphatic rings. The molecule has 0 aromatic carbocycles. The van der Waals surface area contributed by atoms with Crippen LogP contribution in [0.15, 0.2) is 16.8 Å². The van der Waals surface area contributed by atoms with Crippen molar-refractivity contribution in [3.05, 3.63) is 22.4 Å². The van der Waals surface area contributed by atoms with Crippen LogP contribution in [-0.4, -0.2) is 72.2 Å². The predicted molar refractivity (Wildman–Crippen MR) is 77.5 cm³/mol. The molecule has 21 heavy (non-hydrogen) atoms. The molecule has 1 amide bonds. The molecule has 6 nitrogen and oxygen atoms in total. The number of hydrogen-bond acceptors (Lipinski definition) is 5. The largest absolute Gasteiger partial charge is 0.480 e. The van der Waals surface area contributed by atoms with Crippen LogP contribution in [0.4, 0.5) is 0 Å². The molecule has 1 N–H and O–H groups in total. The second kappa shape index (κ2) is 6.13. The number of nitrogens with zero attached hydrogens (tertiary/aromatic N) is 2. The second-order valence-electron chi connectivity index (χ2n) is 5.61. The van der Waals surface area contributed by atoms with Crippen LogP contribution in [0.25, 0.3) is 0 Å². The van der Waals surface area contributed by atoms with E-state index in [4.69, 9.17) is 9.84 Å². The molecule has 0 aliphatic carbocycles. The number of hydrogen-bond donors (Lipinski definition) is 1. The van der Waals surface area contributed by atoms with E-state index < -0.39 is 5.97 Å². The molecule has 0 unspecified atom stereocenters. The van der Waals surface area contributed by atoms with Gasteiger partial charge in [-0.2, -0.15) is 11.3 Å². The second-order valence-corrected chi connectivity index (χ2v) is 6.39. The first kappa shape index (κ1) is 14.5. The molecule has 2 fully saturated rings. The van der Waals surface area contributed by atoms with Crippen molar-refractivity contribution >= 4 is 23.2 Å². The van der Waals surface area contributed by atoms with E-state index in [2.05, 4.69) is 0 Å². The van der Waals surface area contributed by atoms with E-state index in [9.17, 15) is 9.59 Å². The predicted octanol–water partition coefficient (Wildman–Crippen LogP) is 0.606. The van der Waals surface area contributed by atoms with Crippen molar-refractivity contribution < 1.29 is 19.4 Å². The average Bonchev–Trinajstić information content (AvgIpc) is 2.80. The summed E-state index contributed by atoms with van der Waals surface area (Å²) in [5, 5.41) is 12.7. The van der Waals surface area contributed by atoms with Crippen LogP contribution < -0.4 is 0 Å². The van der Waals surface area contributed by atoms with Gasteiger partial charge in [0, 0.05) is 30.9 Å². The third-order valence-electron chi connectivity index (χ3n) is 3.93. The standard InChI is InChI=1S/C14H18N2O4S/c17-13(18)6-15-3-10-4-16(12(5-15)8-20-7-10)14(19)11-1-2-21-9-11/h1-2,9-10,12H,3-8H2,(H,17,18)/t10-,12-/m0/s1. The van der Waals surface area contributed by atoms with Crippen LogP contribution in [0.5, 0.6) is 0 Å². The van der Waals surface area contributed by atoms with Crippen molar-refractivity contribution in [1.29, 1.82) is 0 Å². The summed E-state index contributed by atoms with van der Waals surface area (Å²) in [5.74, 6) is -0.639. The van der Waals surface area contributed by atoms with Crippen LogP contribution in [0, 0.1) is 5.92 Å². The normalized spacial score (nSPS) is 26.4. The summed E-state index contributed by atoms with van der Waals surface area (Å²) in [5.41, 5.74) is 0.706. The molecule has 2 aliphatic heterocycles. The molecule has 0 radical (unpaired) electrons. The van der Waals surface area contributed by atoms with Crippen molar-refractivity contribution in [1.82, 2.24) is 9.80 Å². The van der Waals surface area contributed by atoms with Crippen LogP contribution >= 0.6 is 11.3 Å². The molecule has 2 atom stereocenters. The minimum atomic E-state index is -0.827. The van der Waals surface area contributed by atoms with Gasteiger partial charge in [0.2, 0.25) is 0 Å². The number of thiophene rings is 1. The molecule has 0 spiro atoms. The summed E-state index contributed by atoms with van der Waals surface area (Å²) in [6.45, 7) is 2.93.